The molecule has 1 aliphatic heterocycles. The summed E-state index contributed by atoms with van der Waals surface area (Å²) in [4.78, 5) is 17.2. The Morgan fingerprint density at radius 2 is 2.29 bits per heavy atom. The fraction of sp³-hybridized carbons (Fsp3) is 0.417. The molecule has 1 saturated heterocycles. The summed E-state index contributed by atoms with van der Waals surface area (Å²) in [6.07, 6.45) is 2.37. The second-order valence-corrected chi connectivity index (χ2v) is 5.39. The van der Waals surface area contributed by atoms with Gasteiger partial charge in [-0.2, -0.15) is 0 Å². The predicted molar refractivity (Wildman–Crippen MR) is 71.2 cm³/mol. The quantitative estimate of drug-likeness (QED) is 0.877. The maximum atomic E-state index is 12.1. The van der Waals surface area contributed by atoms with Gasteiger partial charge in [-0.15, -0.1) is 0 Å². The first kappa shape index (κ1) is 11.0. The van der Waals surface area contributed by atoms with Crippen LogP contribution >= 0.6 is 15.9 Å². The Labute approximate surface area is 107 Å². The lowest BCUT2D eigenvalue weighted by Gasteiger charge is -2.20. The topological polar surface area (TPSA) is 41.0 Å². The Morgan fingerprint density at radius 1 is 1.47 bits per heavy atom. The summed E-state index contributed by atoms with van der Waals surface area (Å²) in [6, 6.07) is 5.90. The molecule has 2 heterocycles. The normalized spacial score (nSPS) is 21.4. The first-order valence-electron chi connectivity index (χ1n) is 5.77. The Hall–Kier alpha value is -1.07. The van der Waals surface area contributed by atoms with Gasteiger partial charge in [0.25, 0.3) is 0 Å². The molecule has 1 unspecified atom stereocenters. The van der Waals surface area contributed by atoms with Crippen LogP contribution in [-0.4, -0.2) is 28.0 Å². The number of aromatic amines is 1. The zero-order valence-electron chi connectivity index (χ0n) is 9.61. The average molecular weight is 296 g/mol. The van der Waals surface area contributed by atoms with Gasteiger partial charge in [0, 0.05) is 4.47 Å². The van der Waals surface area contributed by atoms with Crippen molar-refractivity contribution < 1.29 is 0 Å². The van der Waals surface area contributed by atoms with Gasteiger partial charge >= 0.3 is 5.69 Å². The number of fused-ring (bicyclic) bond motifs is 1. The number of aromatic nitrogens is 2. The molecule has 3 rings (SSSR count). The number of hydrogen-bond acceptors (Lipinski definition) is 2. The van der Waals surface area contributed by atoms with Crippen LogP contribution in [0.3, 0.4) is 0 Å². The van der Waals surface area contributed by atoms with Crippen LogP contribution in [0.1, 0.15) is 19.0 Å². The molecular weight excluding hydrogens is 282 g/mol. The molecule has 0 radical (unpaired) electrons. The van der Waals surface area contributed by atoms with Gasteiger partial charge in [0.1, 0.15) is 0 Å². The van der Waals surface area contributed by atoms with Crippen LogP contribution in [0.5, 0.6) is 0 Å². The lowest BCUT2D eigenvalue weighted by Crippen LogP contribution is -2.30. The van der Waals surface area contributed by atoms with Crippen molar-refractivity contribution in [3.8, 4) is 0 Å². The highest BCUT2D eigenvalue weighted by atomic mass is 79.9. The summed E-state index contributed by atoms with van der Waals surface area (Å²) in [5, 5.41) is 0. The fourth-order valence-corrected chi connectivity index (χ4v) is 3.08. The van der Waals surface area contributed by atoms with Crippen molar-refractivity contribution in [3.63, 3.8) is 0 Å². The molecule has 4 nitrogen and oxygen atoms in total. The number of hydrogen-bond donors (Lipinski definition) is 1. The molecule has 1 aromatic carbocycles. The third-order valence-corrected chi connectivity index (χ3v) is 4.14. The fourth-order valence-electron chi connectivity index (χ4n) is 2.63. The molecular formula is C12H14BrN3O. The summed E-state index contributed by atoms with van der Waals surface area (Å²) in [5.74, 6) is 0. The van der Waals surface area contributed by atoms with Gasteiger partial charge in [-0.25, -0.2) is 4.79 Å². The van der Waals surface area contributed by atoms with Gasteiger partial charge in [0.15, 0.2) is 0 Å². The Morgan fingerprint density at radius 3 is 3.00 bits per heavy atom. The Balaban J connectivity index is 2.25. The molecule has 0 aliphatic carbocycles. The third-order valence-electron chi connectivity index (χ3n) is 3.48. The zero-order valence-corrected chi connectivity index (χ0v) is 11.2. The van der Waals surface area contributed by atoms with Crippen molar-refractivity contribution in [2.24, 2.45) is 0 Å². The number of benzene rings is 1. The molecule has 17 heavy (non-hydrogen) atoms. The van der Waals surface area contributed by atoms with Crippen LogP contribution in [0.4, 0.5) is 0 Å². The van der Waals surface area contributed by atoms with Crippen molar-refractivity contribution in [1.29, 1.82) is 0 Å². The molecule has 5 heteroatoms. The van der Waals surface area contributed by atoms with E-state index in [0.717, 1.165) is 34.9 Å². The van der Waals surface area contributed by atoms with E-state index in [1.54, 1.807) is 0 Å². The number of nitrogens with one attached hydrogen (secondary N) is 1. The minimum Gasteiger partial charge on any atom is -0.304 e. The number of rotatable bonds is 1. The number of H-pyrrole nitrogens is 1. The second-order valence-electron chi connectivity index (χ2n) is 4.54. The predicted octanol–water partition coefficient (Wildman–Crippen LogP) is 2.32. The first-order valence-corrected chi connectivity index (χ1v) is 6.57. The molecule has 0 spiro atoms. The Kier molecular flexibility index (Phi) is 2.60. The second kappa shape index (κ2) is 3.99. The van der Waals surface area contributed by atoms with E-state index in [4.69, 9.17) is 0 Å². The van der Waals surface area contributed by atoms with E-state index in [2.05, 4.69) is 32.9 Å². The van der Waals surface area contributed by atoms with E-state index >= 15 is 0 Å². The van der Waals surface area contributed by atoms with Crippen molar-refractivity contribution >= 4 is 27.0 Å². The maximum Gasteiger partial charge on any atom is 0.327 e. The largest absolute Gasteiger partial charge is 0.327 e. The number of para-hydroxylation sites is 1. The molecule has 2 aromatic rings. The molecule has 1 fully saturated rings. The third kappa shape index (κ3) is 1.65. The molecule has 0 bridgehead atoms. The van der Waals surface area contributed by atoms with E-state index < -0.39 is 0 Å². The van der Waals surface area contributed by atoms with Gasteiger partial charge in [0.05, 0.1) is 17.2 Å². The SMILES string of the molecule is CN1CCCC1n1c(=O)[nH]c2c(Br)cccc21. The van der Waals surface area contributed by atoms with Gasteiger partial charge in [-0.1, -0.05) is 6.07 Å². The van der Waals surface area contributed by atoms with Crippen LogP contribution in [-0.2, 0) is 0 Å². The molecule has 1 N–H and O–H groups in total. The van der Waals surface area contributed by atoms with Crippen molar-refractivity contribution in [3.05, 3.63) is 33.2 Å². The van der Waals surface area contributed by atoms with Crippen molar-refractivity contribution in [2.75, 3.05) is 13.6 Å². The lowest BCUT2D eigenvalue weighted by molar-refractivity contribution is 0.238. The minimum atomic E-state index is -0.0225. The maximum absolute atomic E-state index is 12.1. The van der Waals surface area contributed by atoms with E-state index in [0.29, 0.717) is 0 Å². The van der Waals surface area contributed by atoms with Crippen LogP contribution < -0.4 is 5.69 Å². The minimum absolute atomic E-state index is 0.0225. The average Bonchev–Trinajstić information content (AvgIpc) is 2.83. The molecule has 1 atom stereocenters. The first-order chi connectivity index (χ1) is 8.18. The number of imidazole rings is 1. The summed E-state index contributed by atoms with van der Waals surface area (Å²) >= 11 is 3.47. The summed E-state index contributed by atoms with van der Waals surface area (Å²) in [7, 11) is 2.07. The van der Waals surface area contributed by atoms with Crippen molar-refractivity contribution in [1.82, 2.24) is 14.5 Å². The zero-order chi connectivity index (χ0) is 12.0. The van der Waals surface area contributed by atoms with Gasteiger partial charge < -0.3 is 4.98 Å². The standard InChI is InChI=1S/C12H14BrN3O/c1-15-7-3-6-10(15)16-9-5-2-4-8(13)11(9)14-12(16)17/h2,4-5,10H,3,6-7H2,1H3,(H,14,17). The highest BCUT2D eigenvalue weighted by molar-refractivity contribution is 9.10. The summed E-state index contributed by atoms with van der Waals surface area (Å²) < 4.78 is 2.80. The van der Waals surface area contributed by atoms with Gasteiger partial charge in [-0.05, 0) is 54.5 Å². The molecule has 1 aromatic heterocycles. The van der Waals surface area contributed by atoms with E-state index in [1.807, 2.05) is 22.8 Å². The van der Waals surface area contributed by atoms with E-state index in [1.165, 1.54) is 0 Å². The van der Waals surface area contributed by atoms with E-state index in [-0.39, 0.29) is 11.9 Å². The van der Waals surface area contributed by atoms with Crippen LogP contribution in [0, 0.1) is 0 Å². The van der Waals surface area contributed by atoms with Gasteiger partial charge in [-0.3, -0.25) is 9.47 Å². The monoisotopic (exact) mass is 295 g/mol. The van der Waals surface area contributed by atoms with Crippen LogP contribution in [0.25, 0.3) is 11.0 Å². The van der Waals surface area contributed by atoms with Crippen LogP contribution in [0.15, 0.2) is 27.5 Å². The Bertz CT molecular complexity index is 616. The van der Waals surface area contributed by atoms with Crippen LogP contribution in [0.2, 0.25) is 0 Å². The van der Waals surface area contributed by atoms with Gasteiger partial charge in [0.2, 0.25) is 0 Å². The number of likely N-dealkylation sites (tertiary alicyclic amines) is 1. The smallest absolute Gasteiger partial charge is 0.304 e. The number of nitrogens with zero attached hydrogens (tertiary/aromatic N) is 2. The highest BCUT2D eigenvalue weighted by Crippen LogP contribution is 2.28. The lowest BCUT2D eigenvalue weighted by atomic mass is 10.3. The summed E-state index contributed by atoms with van der Waals surface area (Å²) in [5.41, 5.74) is 1.84. The molecule has 1 aliphatic rings. The molecule has 0 amide bonds. The van der Waals surface area contributed by atoms with Crippen molar-refractivity contribution in [2.45, 2.75) is 19.0 Å². The molecule has 0 saturated carbocycles. The highest BCUT2D eigenvalue weighted by Gasteiger charge is 2.25. The summed E-state index contributed by atoms with van der Waals surface area (Å²) in [6.45, 7) is 1.05. The van der Waals surface area contributed by atoms with E-state index in [9.17, 15) is 4.79 Å². The molecule has 90 valence electrons. The number of halogens is 1.